The first kappa shape index (κ1) is 13.8. The van der Waals surface area contributed by atoms with Crippen molar-refractivity contribution in [2.45, 2.75) is 19.4 Å². The normalized spacial score (nSPS) is 11.5. The lowest BCUT2D eigenvalue weighted by atomic mass is 10.2. The zero-order valence-electron chi connectivity index (χ0n) is 9.17. The van der Waals surface area contributed by atoms with Crippen LogP contribution in [0, 0.1) is 0 Å². The molecule has 1 aromatic rings. The smallest absolute Gasteiger partial charge is 0.406 e. The average Bonchev–Trinajstić information content (AvgIpc) is 2.25. The van der Waals surface area contributed by atoms with Gasteiger partial charge in [0.15, 0.2) is 0 Å². The maximum absolute atomic E-state index is 11.9. The van der Waals surface area contributed by atoms with Crippen LogP contribution in [0.1, 0.15) is 12.0 Å². The van der Waals surface area contributed by atoms with Gasteiger partial charge in [-0.25, -0.2) is 0 Å². The second-order valence-electron chi connectivity index (χ2n) is 3.39. The fourth-order valence-electron chi connectivity index (χ4n) is 1.16. The predicted molar refractivity (Wildman–Crippen MR) is 56.5 cm³/mol. The molecular weight excluding hydrogens is 235 g/mol. The Labute approximate surface area is 97.3 Å². The van der Waals surface area contributed by atoms with Crippen LogP contribution < -0.4 is 10.5 Å². The van der Waals surface area contributed by atoms with Crippen LogP contribution in [-0.2, 0) is 11.3 Å². The molecule has 2 N–H and O–H groups in total. The van der Waals surface area contributed by atoms with Gasteiger partial charge in [-0.3, -0.25) is 0 Å². The SMILES string of the molecule is NCCCOCc1ccc(OC(F)(F)F)cc1. The maximum atomic E-state index is 11.9. The third kappa shape index (κ3) is 6.13. The number of alkyl halides is 3. The van der Waals surface area contributed by atoms with E-state index >= 15 is 0 Å². The molecule has 0 aliphatic carbocycles. The number of ether oxygens (including phenoxy) is 2. The topological polar surface area (TPSA) is 44.5 Å². The lowest BCUT2D eigenvalue weighted by Crippen LogP contribution is -2.17. The van der Waals surface area contributed by atoms with E-state index < -0.39 is 6.36 Å². The zero-order chi connectivity index (χ0) is 12.7. The quantitative estimate of drug-likeness (QED) is 0.787. The second-order valence-corrected chi connectivity index (χ2v) is 3.39. The van der Waals surface area contributed by atoms with Crippen molar-refractivity contribution in [3.8, 4) is 5.75 Å². The summed E-state index contributed by atoms with van der Waals surface area (Å²) in [5.74, 6) is -0.233. The van der Waals surface area contributed by atoms with Crippen molar-refractivity contribution in [1.29, 1.82) is 0 Å². The fourth-order valence-corrected chi connectivity index (χ4v) is 1.16. The molecule has 0 aromatic heterocycles. The number of hydrogen-bond acceptors (Lipinski definition) is 3. The molecule has 3 nitrogen and oxygen atoms in total. The van der Waals surface area contributed by atoms with Crippen molar-refractivity contribution in [1.82, 2.24) is 0 Å². The molecule has 0 heterocycles. The summed E-state index contributed by atoms with van der Waals surface area (Å²) in [4.78, 5) is 0. The van der Waals surface area contributed by atoms with Gasteiger partial charge in [0.25, 0.3) is 0 Å². The van der Waals surface area contributed by atoms with E-state index in [1.165, 1.54) is 24.3 Å². The highest BCUT2D eigenvalue weighted by Crippen LogP contribution is 2.22. The van der Waals surface area contributed by atoms with Crippen LogP contribution in [0.2, 0.25) is 0 Å². The van der Waals surface area contributed by atoms with Crippen LogP contribution >= 0.6 is 0 Å². The lowest BCUT2D eigenvalue weighted by Gasteiger charge is -2.09. The standard InChI is InChI=1S/C11H14F3NO2/c12-11(13,14)17-10-4-2-9(3-5-10)8-16-7-1-6-15/h2-5H,1,6-8,15H2. The van der Waals surface area contributed by atoms with Gasteiger partial charge in [-0.2, -0.15) is 0 Å². The lowest BCUT2D eigenvalue weighted by molar-refractivity contribution is -0.274. The molecule has 0 saturated heterocycles. The Kier molecular flexibility index (Phi) is 5.24. The van der Waals surface area contributed by atoms with Gasteiger partial charge in [-0.15, -0.1) is 13.2 Å². The van der Waals surface area contributed by atoms with Gasteiger partial charge >= 0.3 is 6.36 Å². The Morgan fingerprint density at radius 1 is 1.12 bits per heavy atom. The van der Waals surface area contributed by atoms with Crippen LogP contribution in [0.4, 0.5) is 13.2 Å². The summed E-state index contributed by atoms with van der Waals surface area (Å²) in [5.41, 5.74) is 6.07. The van der Waals surface area contributed by atoms with Crippen LogP contribution in [0.3, 0.4) is 0 Å². The van der Waals surface area contributed by atoms with Gasteiger partial charge in [0.2, 0.25) is 0 Å². The summed E-state index contributed by atoms with van der Waals surface area (Å²) < 4.78 is 44.6. The van der Waals surface area contributed by atoms with E-state index in [-0.39, 0.29) is 5.75 Å². The Morgan fingerprint density at radius 2 is 1.76 bits per heavy atom. The molecule has 0 radical (unpaired) electrons. The first-order valence-electron chi connectivity index (χ1n) is 5.14. The largest absolute Gasteiger partial charge is 0.573 e. The van der Waals surface area contributed by atoms with E-state index in [9.17, 15) is 13.2 Å². The molecule has 0 bridgehead atoms. The van der Waals surface area contributed by atoms with E-state index in [2.05, 4.69) is 4.74 Å². The number of halogens is 3. The van der Waals surface area contributed by atoms with Crippen molar-refractivity contribution >= 4 is 0 Å². The van der Waals surface area contributed by atoms with E-state index in [0.29, 0.717) is 19.8 Å². The van der Waals surface area contributed by atoms with Gasteiger partial charge in [-0.05, 0) is 30.7 Å². The number of rotatable bonds is 6. The van der Waals surface area contributed by atoms with Gasteiger partial charge < -0.3 is 15.2 Å². The third-order valence-electron chi connectivity index (χ3n) is 1.92. The van der Waals surface area contributed by atoms with E-state index in [1.807, 2.05) is 0 Å². The van der Waals surface area contributed by atoms with Crippen LogP contribution in [0.15, 0.2) is 24.3 Å². The summed E-state index contributed by atoms with van der Waals surface area (Å²) in [5, 5.41) is 0. The molecule has 17 heavy (non-hydrogen) atoms. The summed E-state index contributed by atoms with van der Waals surface area (Å²) >= 11 is 0. The molecule has 0 spiro atoms. The molecule has 1 rings (SSSR count). The van der Waals surface area contributed by atoms with Crippen molar-refractivity contribution in [3.05, 3.63) is 29.8 Å². The third-order valence-corrected chi connectivity index (χ3v) is 1.92. The molecule has 0 saturated carbocycles. The molecule has 1 aromatic carbocycles. The van der Waals surface area contributed by atoms with Crippen LogP contribution in [0.5, 0.6) is 5.75 Å². The molecular formula is C11H14F3NO2. The summed E-state index contributed by atoms with van der Waals surface area (Å²) in [6.07, 6.45) is -3.89. The highest BCUT2D eigenvalue weighted by molar-refractivity contribution is 5.26. The van der Waals surface area contributed by atoms with Crippen molar-refractivity contribution < 1.29 is 22.6 Å². The Morgan fingerprint density at radius 3 is 2.29 bits per heavy atom. The summed E-state index contributed by atoms with van der Waals surface area (Å²) in [7, 11) is 0. The molecule has 0 amide bonds. The molecule has 0 atom stereocenters. The van der Waals surface area contributed by atoms with Crippen LogP contribution in [-0.4, -0.2) is 19.5 Å². The van der Waals surface area contributed by atoms with Crippen LogP contribution in [0.25, 0.3) is 0 Å². The fraction of sp³-hybridized carbons (Fsp3) is 0.455. The zero-order valence-corrected chi connectivity index (χ0v) is 9.17. The summed E-state index contributed by atoms with van der Waals surface area (Å²) in [6.45, 7) is 1.45. The molecule has 0 aliphatic rings. The van der Waals surface area contributed by atoms with Crippen molar-refractivity contribution in [3.63, 3.8) is 0 Å². The Bertz CT molecular complexity index is 324. The molecule has 0 unspecified atom stereocenters. The highest BCUT2D eigenvalue weighted by atomic mass is 19.4. The van der Waals surface area contributed by atoms with Gasteiger partial charge in [0.05, 0.1) is 6.61 Å². The molecule has 6 heteroatoms. The van der Waals surface area contributed by atoms with Gasteiger partial charge in [-0.1, -0.05) is 12.1 Å². The average molecular weight is 249 g/mol. The minimum Gasteiger partial charge on any atom is -0.406 e. The van der Waals surface area contributed by atoms with E-state index in [0.717, 1.165) is 12.0 Å². The first-order valence-corrected chi connectivity index (χ1v) is 5.14. The van der Waals surface area contributed by atoms with E-state index in [1.54, 1.807) is 0 Å². The minimum absolute atomic E-state index is 0.233. The Hall–Kier alpha value is -1.27. The summed E-state index contributed by atoms with van der Waals surface area (Å²) in [6, 6.07) is 5.58. The minimum atomic E-state index is -4.65. The number of nitrogens with two attached hydrogens (primary N) is 1. The maximum Gasteiger partial charge on any atom is 0.573 e. The molecule has 0 aliphatic heterocycles. The van der Waals surface area contributed by atoms with Gasteiger partial charge in [0.1, 0.15) is 5.75 Å². The second kappa shape index (κ2) is 6.46. The van der Waals surface area contributed by atoms with Crippen molar-refractivity contribution in [2.24, 2.45) is 5.73 Å². The molecule has 96 valence electrons. The first-order chi connectivity index (χ1) is 8.01. The van der Waals surface area contributed by atoms with Crippen molar-refractivity contribution in [2.75, 3.05) is 13.2 Å². The highest BCUT2D eigenvalue weighted by Gasteiger charge is 2.30. The Balaban J connectivity index is 2.39. The van der Waals surface area contributed by atoms with E-state index in [4.69, 9.17) is 10.5 Å². The number of benzene rings is 1. The molecule has 0 fully saturated rings. The monoisotopic (exact) mass is 249 g/mol. The number of hydrogen-bond donors (Lipinski definition) is 1. The van der Waals surface area contributed by atoms with Gasteiger partial charge in [0, 0.05) is 6.61 Å². The predicted octanol–water partition coefficient (Wildman–Crippen LogP) is 2.45.